The molecule has 84 valence electrons. The van der Waals surface area contributed by atoms with Crippen molar-refractivity contribution in [3.8, 4) is 6.07 Å². The summed E-state index contributed by atoms with van der Waals surface area (Å²) in [5, 5.41) is 7.38. The second-order valence-corrected chi connectivity index (χ2v) is 5.16. The van der Waals surface area contributed by atoms with Crippen molar-refractivity contribution in [2.45, 2.75) is 12.2 Å². The third-order valence-corrected chi connectivity index (χ3v) is 3.49. The number of aldehydes is 1. The number of rotatable bonds is 4. The van der Waals surface area contributed by atoms with E-state index in [9.17, 15) is 13.2 Å². The van der Waals surface area contributed by atoms with E-state index in [1.165, 1.54) is 19.1 Å². The number of carbonyl (C=O) groups excluding carboxylic acids is 1. The Bertz CT molecular complexity index is 531. The van der Waals surface area contributed by atoms with Crippen molar-refractivity contribution in [1.29, 1.82) is 5.26 Å². The first-order chi connectivity index (χ1) is 7.49. The normalized spacial score (nSPS) is 12.5. The minimum atomic E-state index is -3.72. The number of nitrogens with one attached hydrogen (secondary N) is 1. The van der Waals surface area contributed by atoms with Crippen LogP contribution in [0.25, 0.3) is 0 Å². The Morgan fingerprint density at radius 1 is 1.50 bits per heavy atom. The number of hydrogen-bond acceptors (Lipinski definition) is 4. The SMILES string of the molecule is CC(C#N)S(=O)(=O)Nc1cccc(C=O)c1. The van der Waals surface area contributed by atoms with Crippen LogP contribution in [-0.4, -0.2) is 20.0 Å². The first-order valence-corrected chi connectivity index (χ1v) is 6.00. The van der Waals surface area contributed by atoms with Crippen LogP contribution in [0.5, 0.6) is 0 Å². The Hall–Kier alpha value is -1.87. The zero-order valence-electron chi connectivity index (χ0n) is 8.54. The molecule has 0 aliphatic carbocycles. The van der Waals surface area contributed by atoms with Crippen LogP contribution in [0.15, 0.2) is 24.3 Å². The number of nitriles is 1. The van der Waals surface area contributed by atoms with Crippen molar-refractivity contribution in [2.75, 3.05) is 4.72 Å². The molecule has 1 N–H and O–H groups in total. The lowest BCUT2D eigenvalue weighted by Gasteiger charge is -2.09. The average Bonchev–Trinajstić information content (AvgIpc) is 2.27. The maximum Gasteiger partial charge on any atom is 0.248 e. The Labute approximate surface area is 93.8 Å². The van der Waals surface area contributed by atoms with Gasteiger partial charge in [0.05, 0.1) is 6.07 Å². The van der Waals surface area contributed by atoms with Gasteiger partial charge in [-0.05, 0) is 19.1 Å². The smallest absolute Gasteiger partial charge is 0.248 e. The molecular formula is C10H10N2O3S. The van der Waals surface area contributed by atoms with Crippen LogP contribution in [0.3, 0.4) is 0 Å². The summed E-state index contributed by atoms with van der Waals surface area (Å²) in [6, 6.07) is 7.65. The van der Waals surface area contributed by atoms with E-state index < -0.39 is 15.3 Å². The lowest BCUT2D eigenvalue weighted by atomic mass is 10.2. The monoisotopic (exact) mass is 238 g/mol. The van der Waals surface area contributed by atoms with Crippen LogP contribution in [0.1, 0.15) is 17.3 Å². The Morgan fingerprint density at radius 3 is 2.75 bits per heavy atom. The van der Waals surface area contributed by atoms with E-state index in [2.05, 4.69) is 4.72 Å². The van der Waals surface area contributed by atoms with Crippen molar-refractivity contribution >= 4 is 22.0 Å². The standard InChI is InChI=1S/C10H10N2O3S/c1-8(6-11)16(14,15)12-10-4-2-3-9(5-10)7-13/h2-5,7-8,12H,1H3. The summed E-state index contributed by atoms with van der Waals surface area (Å²) in [6.45, 7) is 1.28. The van der Waals surface area contributed by atoms with Gasteiger partial charge in [0.2, 0.25) is 10.0 Å². The van der Waals surface area contributed by atoms with Crippen molar-refractivity contribution in [3.63, 3.8) is 0 Å². The number of anilines is 1. The predicted molar refractivity (Wildman–Crippen MR) is 59.4 cm³/mol. The van der Waals surface area contributed by atoms with Crippen LogP contribution in [0, 0.1) is 11.3 Å². The molecule has 1 aromatic carbocycles. The Kier molecular flexibility index (Phi) is 3.64. The Morgan fingerprint density at radius 2 is 2.19 bits per heavy atom. The van der Waals surface area contributed by atoms with Gasteiger partial charge >= 0.3 is 0 Å². The van der Waals surface area contributed by atoms with Gasteiger partial charge < -0.3 is 0 Å². The number of hydrogen-bond donors (Lipinski definition) is 1. The summed E-state index contributed by atoms with van der Waals surface area (Å²) in [6.07, 6.45) is 0.617. The Balaban J connectivity index is 2.97. The number of benzene rings is 1. The van der Waals surface area contributed by atoms with Crippen molar-refractivity contribution in [3.05, 3.63) is 29.8 Å². The van der Waals surface area contributed by atoms with E-state index in [1.807, 2.05) is 0 Å². The predicted octanol–water partition coefficient (Wildman–Crippen LogP) is 1.15. The van der Waals surface area contributed by atoms with Gasteiger partial charge in [-0.1, -0.05) is 12.1 Å². The fourth-order valence-electron chi connectivity index (χ4n) is 0.998. The van der Waals surface area contributed by atoms with Gasteiger partial charge in [-0.3, -0.25) is 9.52 Å². The molecule has 0 heterocycles. The van der Waals surface area contributed by atoms with Crippen LogP contribution in [-0.2, 0) is 10.0 Å². The molecule has 0 saturated carbocycles. The molecule has 1 rings (SSSR count). The largest absolute Gasteiger partial charge is 0.298 e. The lowest BCUT2D eigenvalue weighted by molar-refractivity contribution is 0.112. The molecule has 0 amide bonds. The first-order valence-electron chi connectivity index (χ1n) is 4.46. The quantitative estimate of drug-likeness (QED) is 0.797. The highest BCUT2D eigenvalue weighted by atomic mass is 32.2. The summed E-state index contributed by atoms with van der Waals surface area (Å²) in [5.41, 5.74) is 0.636. The first kappa shape index (κ1) is 12.2. The third kappa shape index (κ3) is 2.81. The molecular weight excluding hydrogens is 228 g/mol. The van der Waals surface area contributed by atoms with Gasteiger partial charge in [-0.15, -0.1) is 0 Å². The van der Waals surface area contributed by atoms with Gasteiger partial charge in [0.1, 0.15) is 6.29 Å². The van der Waals surface area contributed by atoms with Crippen LogP contribution >= 0.6 is 0 Å². The van der Waals surface area contributed by atoms with Gasteiger partial charge in [-0.25, -0.2) is 8.42 Å². The topological polar surface area (TPSA) is 87.0 Å². The van der Waals surface area contributed by atoms with Gasteiger partial charge in [0.25, 0.3) is 0 Å². The molecule has 0 spiro atoms. The third-order valence-electron chi connectivity index (χ3n) is 1.93. The van der Waals surface area contributed by atoms with Gasteiger partial charge in [-0.2, -0.15) is 5.26 Å². The van der Waals surface area contributed by atoms with Crippen LogP contribution < -0.4 is 4.72 Å². The van der Waals surface area contributed by atoms with E-state index in [0.29, 0.717) is 11.8 Å². The number of nitrogens with zero attached hydrogens (tertiary/aromatic N) is 1. The van der Waals surface area contributed by atoms with E-state index in [1.54, 1.807) is 18.2 Å². The van der Waals surface area contributed by atoms with E-state index in [-0.39, 0.29) is 5.69 Å². The van der Waals surface area contributed by atoms with E-state index in [0.717, 1.165) is 0 Å². The molecule has 1 aromatic rings. The van der Waals surface area contributed by atoms with Crippen molar-refractivity contribution in [2.24, 2.45) is 0 Å². The second kappa shape index (κ2) is 4.77. The molecule has 0 aromatic heterocycles. The highest BCUT2D eigenvalue weighted by Gasteiger charge is 2.19. The molecule has 0 bridgehead atoms. The zero-order valence-corrected chi connectivity index (χ0v) is 9.36. The molecule has 0 saturated heterocycles. The van der Waals surface area contributed by atoms with Gasteiger partial charge in [0, 0.05) is 11.3 Å². The molecule has 0 fully saturated rings. The lowest BCUT2D eigenvalue weighted by Crippen LogP contribution is -2.23. The summed E-state index contributed by atoms with van der Waals surface area (Å²) >= 11 is 0. The van der Waals surface area contributed by atoms with E-state index >= 15 is 0 Å². The summed E-state index contributed by atoms with van der Waals surface area (Å²) in [4.78, 5) is 10.5. The van der Waals surface area contributed by atoms with Crippen LogP contribution in [0.4, 0.5) is 5.69 Å². The molecule has 1 unspecified atom stereocenters. The maximum atomic E-state index is 11.5. The molecule has 0 aliphatic rings. The van der Waals surface area contributed by atoms with Gasteiger partial charge in [0.15, 0.2) is 5.25 Å². The van der Waals surface area contributed by atoms with E-state index in [4.69, 9.17) is 5.26 Å². The molecule has 5 nitrogen and oxygen atoms in total. The summed E-state index contributed by atoms with van der Waals surface area (Å²) in [7, 11) is -3.72. The van der Waals surface area contributed by atoms with Crippen molar-refractivity contribution in [1.82, 2.24) is 0 Å². The minimum absolute atomic E-state index is 0.270. The molecule has 0 aliphatic heterocycles. The second-order valence-electron chi connectivity index (χ2n) is 3.16. The summed E-state index contributed by atoms with van der Waals surface area (Å²) < 4.78 is 25.3. The fraction of sp³-hybridized carbons (Fsp3) is 0.200. The highest BCUT2D eigenvalue weighted by molar-refractivity contribution is 7.93. The highest BCUT2D eigenvalue weighted by Crippen LogP contribution is 2.13. The molecule has 16 heavy (non-hydrogen) atoms. The zero-order chi connectivity index (χ0) is 12.2. The molecule has 0 radical (unpaired) electrons. The molecule has 1 atom stereocenters. The number of carbonyl (C=O) groups is 1. The van der Waals surface area contributed by atoms with Crippen LogP contribution in [0.2, 0.25) is 0 Å². The molecule has 6 heteroatoms. The summed E-state index contributed by atoms with van der Waals surface area (Å²) in [5.74, 6) is 0. The average molecular weight is 238 g/mol. The number of sulfonamides is 1. The minimum Gasteiger partial charge on any atom is -0.298 e. The fourth-order valence-corrected chi connectivity index (χ4v) is 1.77. The van der Waals surface area contributed by atoms with Crippen molar-refractivity contribution < 1.29 is 13.2 Å². The maximum absolute atomic E-state index is 11.5.